The highest BCUT2D eigenvalue weighted by atomic mass is 19.1. The van der Waals surface area contributed by atoms with Crippen LogP contribution in [0.5, 0.6) is 0 Å². The summed E-state index contributed by atoms with van der Waals surface area (Å²) in [6, 6.07) is 13.0. The van der Waals surface area contributed by atoms with E-state index >= 15 is 0 Å². The van der Waals surface area contributed by atoms with Crippen molar-refractivity contribution in [2.75, 3.05) is 6.54 Å². The number of benzene rings is 2. The zero-order valence-electron chi connectivity index (χ0n) is 12.1. The van der Waals surface area contributed by atoms with E-state index in [9.17, 15) is 14.0 Å². The van der Waals surface area contributed by atoms with Crippen LogP contribution in [-0.4, -0.2) is 18.4 Å². The van der Waals surface area contributed by atoms with Crippen LogP contribution >= 0.6 is 0 Å². The molecule has 0 aliphatic carbocycles. The number of amides is 1. The van der Waals surface area contributed by atoms with E-state index < -0.39 is 11.8 Å². The molecule has 5 heteroatoms. The molecule has 0 aromatic heterocycles. The molecular formula is C17H16FNO3. The van der Waals surface area contributed by atoms with Crippen LogP contribution in [-0.2, 0) is 16.1 Å². The first kappa shape index (κ1) is 15.7. The number of hydrogen-bond acceptors (Lipinski definition) is 3. The van der Waals surface area contributed by atoms with Crippen LogP contribution in [0, 0.1) is 12.7 Å². The summed E-state index contributed by atoms with van der Waals surface area (Å²) >= 11 is 0. The zero-order chi connectivity index (χ0) is 15.9. The molecule has 0 fully saturated rings. The number of carbonyl (C=O) groups is 2. The summed E-state index contributed by atoms with van der Waals surface area (Å²) in [7, 11) is 0. The molecule has 0 aliphatic rings. The van der Waals surface area contributed by atoms with Gasteiger partial charge in [-0.05, 0) is 25.1 Å². The topological polar surface area (TPSA) is 55.4 Å². The lowest BCUT2D eigenvalue weighted by atomic mass is 10.1. The Kier molecular flexibility index (Phi) is 5.25. The molecule has 0 saturated heterocycles. The third-order valence-electron chi connectivity index (χ3n) is 3.05. The minimum atomic E-state index is -0.622. The van der Waals surface area contributed by atoms with Crippen LogP contribution in [0.25, 0.3) is 0 Å². The maximum Gasteiger partial charge on any atom is 0.325 e. The maximum atomic E-state index is 13.3. The van der Waals surface area contributed by atoms with Gasteiger partial charge in [0.1, 0.15) is 19.0 Å². The van der Waals surface area contributed by atoms with Crippen molar-refractivity contribution in [1.82, 2.24) is 5.32 Å². The average molecular weight is 301 g/mol. The molecule has 0 bridgehead atoms. The zero-order valence-corrected chi connectivity index (χ0v) is 12.1. The first-order chi connectivity index (χ1) is 10.6. The number of carbonyl (C=O) groups excluding carboxylic acids is 2. The highest BCUT2D eigenvalue weighted by Gasteiger charge is 2.10. The molecule has 2 aromatic carbocycles. The first-order valence-electron chi connectivity index (χ1n) is 6.80. The Hall–Kier alpha value is -2.69. The molecule has 1 N–H and O–H groups in total. The van der Waals surface area contributed by atoms with Gasteiger partial charge in [-0.1, -0.05) is 35.9 Å². The summed E-state index contributed by atoms with van der Waals surface area (Å²) in [5, 5.41) is 2.46. The SMILES string of the molecule is Cc1ccc(C(=O)NCC(=O)OCc2ccccc2F)cc1. The number of ether oxygens (including phenoxy) is 1. The van der Waals surface area contributed by atoms with E-state index in [1.54, 1.807) is 24.3 Å². The molecule has 4 nitrogen and oxygen atoms in total. The van der Waals surface area contributed by atoms with E-state index in [4.69, 9.17) is 4.74 Å². The molecule has 0 aliphatic heterocycles. The van der Waals surface area contributed by atoms with Gasteiger partial charge >= 0.3 is 5.97 Å². The second-order valence-electron chi connectivity index (χ2n) is 4.80. The van der Waals surface area contributed by atoms with Gasteiger partial charge in [0.25, 0.3) is 5.91 Å². The van der Waals surface area contributed by atoms with Gasteiger partial charge in [0.05, 0.1) is 0 Å². The van der Waals surface area contributed by atoms with E-state index in [1.807, 2.05) is 19.1 Å². The molecule has 0 atom stereocenters. The minimum absolute atomic E-state index is 0.161. The van der Waals surface area contributed by atoms with Gasteiger partial charge in [-0.25, -0.2) is 4.39 Å². The second-order valence-corrected chi connectivity index (χ2v) is 4.80. The molecule has 0 saturated carbocycles. The quantitative estimate of drug-likeness (QED) is 0.864. The van der Waals surface area contributed by atoms with Crippen molar-refractivity contribution in [2.45, 2.75) is 13.5 Å². The molecule has 2 rings (SSSR count). The lowest BCUT2D eigenvalue weighted by molar-refractivity contribution is -0.143. The molecule has 22 heavy (non-hydrogen) atoms. The maximum absolute atomic E-state index is 13.3. The molecule has 1 amide bonds. The van der Waals surface area contributed by atoms with Crippen molar-refractivity contribution in [3.8, 4) is 0 Å². The van der Waals surface area contributed by atoms with Gasteiger partial charge in [0.15, 0.2) is 0 Å². The smallest absolute Gasteiger partial charge is 0.325 e. The third-order valence-corrected chi connectivity index (χ3v) is 3.05. The van der Waals surface area contributed by atoms with Crippen LogP contribution in [0.3, 0.4) is 0 Å². The third kappa shape index (κ3) is 4.41. The number of nitrogens with one attached hydrogen (secondary N) is 1. The first-order valence-corrected chi connectivity index (χ1v) is 6.80. The van der Waals surface area contributed by atoms with Crippen molar-refractivity contribution < 1.29 is 18.7 Å². The molecule has 0 heterocycles. The van der Waals surface area contributed by atoms with E-state index in [0.717, 1.165) is 5.56 Å². The predicted molar refractivity (Wildman–Crippen MR) is 79.7 cm³/mol. The fourth-order valence-electron chi connectivity index (χ4n) is 1.78. The van der Waals surface area contributed by atoms with Crippen molar-refractivity contribution >= 4 is 11.9 Å². The Morgan fingerprint density at radius 2 is 1.77 bits per heavy atom. The molecule has 0 spiro atoms. The van der Waals surface area contributed by atoms with Crippen molar-refractivity contribution in [3.63, 3.8) is 0 Å². The number of rotatable bonds is 5. The van der Waals surface area contributed by atoms with Crippen LogP contribution in [0.4, 0.5) is 4.39 Å². The lowest BCUT2D eigenvalue weighted by Gasteiger charge is -2.07. The van der Waals surface area contributed by atoms with Crippen LogP contribution in [0.1, 0.15) is 21.5 Å². The summed E-state index contributed by atoms with van der Waals surface area (Å²) in [5.41, 5.74) is 1.80. The van der Waals surface area contributed by atoms with E-state index in [1.165, 1.54) is 12.1 Å². The van der Waals surface area contributed by atoms with Gasteiger partial charge in [0, 0.05) is 11.1 Å². The second kappa shape index (κ2) is 7.36. The number of aryl methyl sites for hydroxylation is 1. The Morgan fingerprint density at radius 3 is 2.45 bits per heavy atom. The number of hydrogen-bond donors (Lipinski definition) is 1. The van der Waals surface area contributed by atoms with Crippen LogP contribution < -0.4 is 5.32 Å². The Balaban J connectivity index is 1.79. The Labute approximate surface area is 127 Å². The highest BCUT2D eigenvalue weighted by molar-refractivity contribution is 5.95. The Morgan fingerprint density at radius 1 is 1.09 bits per heavy atom. The molecule has 2 aromatic rings. The molecular weight excluding hydrogens is 285 g/mol. The molecule has 114 valence electrons. The summed E-state index contributed by atoms with van der Waals surface area (Å²) in [4.78, 5) is 23.4. The summed E-state index contributed by atoms with van der Waals surface area (Å²) in [6.07, 6.45) is 0. The van der Waals surface area contributed by atoms with Gasteiger partial charge in [-0.2, -0.15) is 0 Å². The number of esters is 1. The molecule has 0 unspecified atom stereocenters. The highest BCUT2D eigenvalue weighted by Crippen LogP contribution is 2.07. The van der Waals surface area contributed by atoms with E-state index in [2.05, 4.69) is 5.32 Å². The normalized spacial score (nSPS) is 10.1. The average Bonchev–Trinajstić information content (AvgIpc) is 2.52. The fraction of sp³-hybridized carbons (Fsp3) is 0.176. The van der Waals surface area contributed by atoms with Crippen molar-refractivity contribution in [1.29, 1.82) is 0 Å². The fourth-order valence-corrected chi connectivity index (χ4v) is 1.78. The van der Waals surface area contributed by atoms with Gasteiger partial charge in [-0.15, -0.1) is 0 Å². The van der Waals surface area contributed by atoms with Crippen LogP contribution in [0.2, 0.25) is 0 Å². The summed E-state index contributed by atoms with van der Waals surface area (Å²) < 4.78 is 18.3. The van der Waals surface area contributed by atoms with Gasteiger partial charge < -0.3 is 10.1 Å². The van der Waals surface area contributed by atoms with Gasteiger partial charge in [0.2, 0.25) is 0 Å². The minimum Gasteiger partial charge on any atom is -0.459 e. The van der Waals surface area contributed by atoms with E-state index in [0.29, 0.717) is 11.1 Å². The van der Waals surface area contributed by atoms with Crippen molar-refractivity contribution in [2.24, 2.45) is 0 Å². The molecule has 0 radical (unpaired) electrons. The number of halogens is 1. The predicted octanol–water partition coefficient (Wildman–Crippen LogP) is 2.61. The monoisotopic (exact) mass is 301 g/mol. The summed E-state index contributed by atoms with van der Waals surface area (Å²) in [6.45, 7) is 1.49. The standard InChI is InChI=1S/C17H16FNO3/c1-12-6-8-13(9-7-12)17(21)19-10-16(20)22-11-14-4-2-3-5-15(14)18/h2-9H,10-11H2,1H3,(H,19,21). The Bertz CT molecular complexity index is 668. The van der Waals surface area contributed by atoms with Gasteiger partial charge in [-0.3, -0.25) is 9.59 Å². The largest absolute Gasteiger partial charge is 0.459 e. The summed E-state index contributed by atoms with van der Waals surface area (Å²) in [5.74, 6) is -1.41. The van der Waals surface area contributed by atoms with Crippen LogP contribution in [0.15, 0.2) is 48.5 Å². The van der Waals surface area contributed by atoms with Crippen molar-refractivity contribution in [3.05, 3.63) is 71.0 Å². The van der Waals surface area contributed by atoms with E-state index in [-0.39, 0.29) is 19.1 Å². The lowest BCUT2D eigenvalue weighted by Crippen LogP contribution is -2.30.